The summed E-state index contributed by atoms with van der Waals surface area (Å²) in [6.07, 6.45) is -6.06. The lowest BCUT2D eigenvalue weighted by Crippen LogP contribution is -2.57. The van der Waals surface area contributed by atoms with Crippen LogP contribution in [0.1, 0.15) is 10.5 Å². The van der Waals surface area contributed by atoms with Crippen molar-refractivity contribution < 1.29 is 31.5 Å². The standard InChI is InChI=1S/C15H19F5N4O2/c16-12(17)9-26-10-2-1-3-22-13(10)14(25)23-8-11(15(18,19)20)24-6-4-21-5-7-24/h1-3,11-12,21H,4-9H2,(H,23,25). The van der Waals surface area contributed by atoms with E-state index in [0.717, 1.165) is 0 Å². The molecule has 2 rings (SSSR count). The van der Waals surface area contributed by atoms with E-state index in [-0.39, 0.29) is 24.5 Å². The smallest absolute Gasteiger partial charge is 0.405 e. The number of aromatic nitrogens is 1. The number of hydrogen-bond acceptors (Lipinski definition) is 5. The van der Waals surface area contributed by atoms with Crippen molar-refractivity contribution in [3.05, 3.63) is 24.0 Å². The summed E-state index contributed by atoms with van der Waals surface area (Å²) >= 11 is 0. The maximum Gasteiger partial charge on any atom is 0.405 e. The summed E-state index contributed by atoms with van der Waals surface area (Å²) in [5.74, 6) is -1.13. The second-order valence-corrected chi connectivity index (χ2v) is 5.61. The second-order valence-electron chi connectivity index (χ2n) is 5.61. The van der Waals surface area contributed by atoms with Crippen LogP contribution in [0.4, 0.5) is 22.0 Å². The summed E-state index contributed by atoms with van der Waals surface area (Å²) in [4.78, 5) is 17.1. The van der Waals surface area contributed by atoms with E-state index in [1.54, 1.807) is 0 Å². The molecule has 1 atom stereocenters. The van der Waals surface area contributed by atoms with Crippen LogP contribution in [0.2, 0.25) is 0 Å². The zero-order chi connectivity index (χ0) is 19.2. The number of pyridine rings is 1. The normalized spacial score (nSPS) is 17.2. The van der Waals surface area contributed by atoms with Crippen LogP contribution in [-0.2, 0) is 0 Å². The van der Waals surface area contributed by atoms with Crippen molar-refractivity contribution in [3.63, 3.8) is 0 Å². The zero-order valence-corrected chi connectivity index (χ0v) is 13.7. The van der Waals surface area contributed by atoms with Gasteiger partial charge in [0, 0.05) is 38.9 Å². The average Bonchev–Trinajstić information content (AvgIpc) is 2.60. The van der Waals surface area contributed by atoms with Crippen LogP contribution in [0, 0.1) is 0 Å². The Hall–Kier alpha value is -2.01. The number of rotatable bonds is 7. The Labute approximate surface area is 146 Å². The van der Waals surface area contributed by atoms with Crippen molar-refractivity contribution in [3.8, 4) is 5.75 Å². The van der Waals surface area contributed by atoms with Gasteiger partial charge >= 0.3 is 6.18 Å². The highest BCUT2D eigenvalue weighted by Crippen LogP contribution is 2.25. The third-order valence-corrected chi connectivity index (χ3v) is 3.78. The van der Waals surface area contributed by atoms with E-state index in [4.69, 9.17) is 4.74 Å². The molecule has 146 valence electrons. The molecule has 0 aromatic carbocycles. The van der Waals surface area contributed by atoms with Crippen molar-refractivity contribution in [1.82, 2.24) is 20.5 Å². The number of hydrogen-bond donors (Lipinski definition) is 2. The van der Waals surface area contributed by atoms with Gasteiger partial charge in [-0.25, -0.2) is 13.8 Å². The molecule has 1 aromatic heterocycles. The summed E-state index contributed by atoms with van der Waals surface area (Å²) in [5, 5.41) is 5.14. The lowest BCUT2D eigenvalue weighted by molar-refractivity contribution is -0.183. The van der Waals surface area contributed by atoms with Crippen LogP contribution < -0.4 is 15.4 Å². The number of ether oxygens (including phenoxy) is 1. The maximum atomic E-state index is 13.3. The Morgan fingerprint density at radius 2 is 2.04 bits per heavy atom. The van der Waals surface area contributed by atoms with Gasteiger partial charge < -0.3 is 15.4 Å². The van der Waals surface area contributed by atoms with Gasteiger partial charge in [-0.05, 0) is 12.1 Å². The third kappa shape index (κ3) is 5.77. The first kappa shape index (κ1) is 20.3. The lowest BCUT2D eigenvalue weighted by Gasteiger charge is -2.35. The zero-order valence-electron chi connectivity index (χ0n) is 13.7. The van der Waals surface area contributed by atoms with E-state index >= 15 is 0 Å². The van der Waals surface area contributed by atoms with Gasteiger partial charge in [0.2, 0.25) is 0 Å². The molecule has 1 saturated heterocycles. The Bertz CT molecular complexity index is 594. The van der Waals surface area contributed by atoms with Gasteiger partial charge in [-0.3, -0.25) is 9.69 Å². The molecule has 26 heavy (non-hydrogen) atoms. The number of carbonyl (C=O) groups is 1. The summed E-state index contributed by atoms with van der Waals surface area (Å²) in [5.41, 5.74) is -0.339. The van der Waals surface area contributed by atoms with Crippen LogP contribution in [0.3, 0.4) is 0 Å². The fourth-order valence-corrected chi connectivity index (χ4v) is 2.55. The van der Waals surface area contributed by atoms with Crippen molar-refractivity contribution in [2.75, 3.05) is 39.3 Å². The predicted octanol–water partition coefficient (Wildman–Crippen LogP) is 1.29. The first-order valence-electron chi connectivity index (χ1n) is 7.94. The molecule has 6 nitrogen and oxygen atoms in total. The molecule has 0 aliphatic carbocycles. The number of carbonyl (C=O) groups excluding carboxylic acids is 1. The van der Waals surface area contributed by atoms with Gasteiger partial charge in [0.1, 0.15) is 12.6 Å². The number of halogens is 5. The molecule has 1 fully saturated rings. The number of piperazine rings is 1. The van der Waals surface area contributed by atoms with Crippen LogP contribution in [-0.4, -0.2) is 73.8 Å². The highest BCUT2D eigenvalue weighted by Gasteiger charge is 2.44. The summed E-state index contributed by atoms with van der Waals surface area (Å²) in [6, 6.07) is 0.779. The predicted molar refractivity (Wildman–Crippen MR) is 82.4 cm³/mol. The van der Waals surface area contributed by atoms with Crippen molar-refractivity contribution in [2.45, 2.75) is 18.6 Å². The van der Waals surface area contributed by atoms with Crippen molar-refractivity contribution in [2.24, 2.45) is 0 Å². The van der Waals surface area contributed by atoms with E-state index in [2.05, 4.69) is 15.6 Å². The Morgan fingerprint density at radius 3 is 2.65 bits per heavy atom. The molecule has 0 spiro atoms. The third-order valence-electron chi connectivity index (χ3n) is 3.78. The van der Waals surface area contributed by atoms with Crippen LogP contribution >= 0.6 is 0 Å². The first-order chi connectivity index (χ1) is 12.3. The van der Waals surface area contributed by atoms with Gasteiger partial charge in [-0.15, -0.1) is 0 Å². The molecule has 2 N–H and O–H groups in total. The summed E-state index contributed by atoms with van der Waals surface area (Å²) in [7, 11) is 0. The number of nitrogens with one attached hydrogen (secondary N) is 2. The highest BCUT2D eigenvalue weighted by molar-refractivity contribution is 5.94. The molecule has 2 heterocycles. The molecule has 1 aromatic rings. The topological polar surface area (TPSA) is 66.5 Å². The van der Waals surface area contributed by atoms with E-state index in [0.29, 0.717) is 13.1 Å². The Balaban J connectivity index is 2.03. The summed E-state index contributed by atoms with van der Waals surface area (Å²) in [6.45, 7) is -0.372. The average molecular weight is 382 g/mol. The molecule has 1 aliphatic heterocycles. The molecule has 11 heteroatoms. The minimum absolute atomic E-state index is 0.201. The Morgan fingerprint density at radius 1 is 1.35 bits per heavy atom. The van der Waals surface area contributed by atoms with Gasteiger partial charge in [0.25, 0.3) is 12.3 Å². The van der Waals surface area contributed by atoms with E-state index in [9.17, 15) is 26.7 Å². The molecule has 0 saturated carbocycles. The fourth-order valence-electron chi connectivity index (χ4n) is 2.55. The Kier molecular flexibility index (Phi) is 7.09. The molecular formula is C15H19F5N4O2. The molecular weight excluding hydrogens is 363 g/mol. The van der Waals surface area contributed by atoms with Gasteiger partial charge in [-0.2, -0.15) is 13.2 Å². The molecule has 0 radical (unpaired) electrons. The number of amides is 1. The molecule has 0 bridgehead atoms. The number of alkyl halides is 5. The largest absolute Gasteiger partial charge is 0.485 e. The maximum absolute atomic E-state index is 13.3. The molecule has 1 unspecified atom stereocenters. The second kappa shape index (κ2) is 9.08. The summed E-state index contributed by atoms with van der Waals surface area (Å²) < 4.78 is 69.2. The van der Waals surface area contributed by atoms with E-state index in [1.165, 1.54) is 23.2 Å². The van der Waals surface area contributed by atoms with E-state index < -0.39 is 37.7 Å². The van der Waals surface area contributed by atoms with Gasteiger partial charge in [0.05, 0.1) is 0 Å². The van der Waals surface area contributed by atoms with Gasteiger partial charge in [0.15, 0.2) is 11.4 Å². The van der Waals surface area contributed by atoms with Gasteiger partial charge in [-0.1, -0.05) is 0 Å². The van der Waals surface area contributed by atoms with Crippen LogP contribution in [0.15, 0.2) is 18.3 Å². The lowest BCUT2D eigenvalue weighted by atomic mass is 10.2. The highest BCUT2D eigenvalue weighted by atomic mass is 19.4. The fraction of sp³-hybridized carbons (Fsp3) is 0.600. The molecule has 1 amide bonds. The van der Waals surface area contributed by atoms with E-state index in [1.807, 2.05) is 0 Å². The van der Waals surface area contributed by atoms with Crippen LogP contribution in [0.25, 0.3) is 0 Å². The minimum atomic E-state index is -4.52. The first-order valence-corrected chi connectivity index (χ1v) is 7.94. The monoisotopic (exact) mass is 382 g/mol. The van der Waals surface area contributed by atoms with Crippen molar-refractivity contribution in [1.29, 1.82) is 0 Å². The number of nitrogens with zero attached hydrogens (tertiary/aromatic N) is 2. The minimum Gasteiger partial charge on any atom is -0.485 e. The van der Waals surface area contributed by atoms with Crippen molar-refractivity contribution >= 4 is 5.91 Å². The van der Waals surface area contributed by atoms with Crippen LogP contribution in [0.5, 0.6) is 5.75 Å². The quantitative estimate of drug-likeness (QED) is 0.696. The SMILES string of the molecule is O=C(NCC(N1CCNCC1)C(F)(F)F)c1ncccc1OCC(F)F. The molecule has 1 aliphatic rings.